The monoisotopic (exact) mass is 296 g/mol. The maximum Gasteiger partial charge on any atom is 0.330 e. The summed E-state index contributed by atoms with van der Waals surface area (Å²) in [4.78, 5) is 35.1. The lowest BCUT2D eigenvalue weighted by molar-refractivity contribution is -0.122. The first kappa shape index (κ1) is 17.2. The van der Waals surface area contributed by atoms with Crippen LogP contribution in [0.4, 0.5) is 0 Å². The van der Waals surface area contributed by atoms with Crippen molar-refractivity contribution in [3.63, 3.8) is 0 Å². The van der Waals surface area contributed by atoms with Crippen LogP contribution in [-0.4, -0.2) is 27.1 Å². The largest absolute Gasteiger partial charge is 0.351 e. The second-order valence-electron chi connectivity index (χ2n) is 6.14. The minimum atomic E-state index is -0.353. The van der Waals surface area contributed by atoms with Crippen LogP contribution >= 0.6 is 0 Å². The lowest BCUT2D eigenvalue weighted by atomic mass is 10.1. The Balaban J connectivity index is 2.53. The molecule has 0 saturated heterocycles. The third-order valence-corrected chi connectivity index (χ3v) is 2.88. The Kier molecular flexibility index (Phi) is 5.48. The van der Waals surface area contributed by atoms with Crippen LogP contribution in [0.2, 0.25) is 0 Å². The van der Waals surface area contributed by atoms with Crippen molar-refractivity contribution in [3.05, 3.63) is 32.6 Å². The van der Waals surface area contributed by atoms with Gasteiger partial charge in [-0.15, -0.1) is 0 Å². The quantitative estimate of drug-likeness (QED) is 0.716. The summed E-state index contributed by atoms with van der Waals surface area (Å²) in [5.41, 5.74) is -0.418. The van der Waals surface area contributed by atoms with Crippen molar-refractivity contribution in [2.45, 2.75) is 39.3 Å². The SMILES string of the molecule is Cn1cc(CNCCC(=O)NC(C)(C)C)c(=O)n(C)c1=O. The molecule has 7 heteroatoms. The predicted octanol–water partition coefficient (Wildman–Crippen LogP) is -0.522. The van der Waals surface area contributed by atoms with Gasteiger partial charge in [0, 0.05) is 50.9 Å². The van der Waals surface area contributed by atoms with Gasteiger partial charge in [0.1, 0.15) is 0 Å². The van der Waals surface area contributed by atoms with E-state index in [0.29, 0.717) is 25.1 Å². The highest BCUT2D eigenvalue weighted by Crippen LogP contribution is 1.98. The fourth-order valence-corrected chi connectivity index (χ4v) is 1.91. The van der Waals surface area contributed by atoms with Crippen LogP contribution in [0.1, 0.15) is 32.8 Å². The van der Waals surface area contributed by atoms with Gasteiger partial charge in [-0.1, -0.05) is 0 Å². The first-order chi connectivity index (χ1) is 9.61. The summed E-state index contributed by atoms with van der Waals surface area (Å²) in [6.07, 6.45) is 1.86. The molecule has 118 valence electrons. The van der Waals surface area contributed by atoms with E-state index in [9.17, 15) is 14.4 Å². The van der Waals surface area contributed by atoms with E-state index in [1.165, 1.54) is 17.8 Å². The first-order valence-electron chi connectivity index (χ1n) is 6.89. The van der Waals surface area contributed by atoms with E-state index >= 15 is 0 Å². The molecule has 1 heterocycles. The summed E-state index contributed by atoms with van der Waals surface area (Å²) in [5, 5.41) is 5.91. The Bertz CT molecular complexity index is 623. The van der Waals surface area contributed by atoms with Crippen LogP contribution in [-0.2, 0) is 25.4 Å². The number of nitrogens with zero attached hydrogens (tertiary/aromatic N) is 2. The topological polar surface area (TPSA) is 85.1 Å². The van der Waals surface area contributed by atoms with Crippen LogP contribution in [0.25, 0.3) is 0 Å². The molecule has 0 bridgehead atoms. The second-order valence-corrected chi connectivity index (χ2v) is 6.14. The number of carbonyl (C=O) groups is 1. The van der Waals surface area contributed by atoms with Crippen LogP contribution in [0.15, 0.2) is 15.8 Å². The molecular formula is C14H24N4O3. The average molecular weight is 296 g/mol. The minimum absolute atomic E-state index is 0.0386. The maximum absolute atomic E-state index is 11.9. The molecule has 1 rings (SSSR count). The standard InChI is InChI=1S/C14H24N4O3/c1-14(2,3)16-11(19)6-7-15-8-10-9-17(4)13(21)18(5)12(10)20/h9,15H,6-8H2,1-5H3,(H,16,19). The Hall–Kier alpha value is -1.89. The normalized spacial score (nSPS) is 11.5. The third kappa shape index (κ3) is 5.18. The van der Waals surface area contributed by atoms with E-state index < -0.39 is 0 Å². The van der Waals surface area contributed by atoms with E-state index in [4.69, 9.17) is 0 Å². The molecular weight excluding hydrogens is 272 g/mol. The zero-order valence-electron chi connectivity index (χ0n) is 13.3. The molecule has 0 radical (unpaired) electrons. The Labute approximate surface area is 124 Å². The molecule has 1 amide bonds. The van der Waals surface area contributed by atoms with Crippen molar-refractivity contribution in [2.24, 2.45) is 14.1 Å². The van der Waals surface area contributed by atoms with Crippen molar-refractivity contribution in [1.82, 2.24) is 19.8 Å². The molecule has 1 aromatic rings. The molecule has 0 unspecified atom stereocenters. The van der Waals surface area contributed by atoms with E-state index in [-0.39, 0.29) is 22.7 Å². The number of carbonyl (C=O) groups excluding carboxylic acids is 1. The lowest BCUT2D eigenvalue weighted by Crippen LogP contribution is -2.42. The molecule has 0 aliphatic carbocycles. The molecule has 7 nitrogen and oxygen atoms in total. The lowest BCUT2D eigenvalue weighted by Gasteiger charge is -2.20. The average Bonchev–Trinajstić information content (AvgIpc) is 2.35. The summed E-state index contributed by atoms with van der Waals surface area (Å²) >= 11 is 0. The number of aryl methyl sites for hydroxylation is 1. The highest BCUT2D eigenvalue weighted by molar-refractivity contribution is 5.76. The summed E-state index contributed by atoms with van der Waals surface area (Å²) in [6.45, 7) is 6.56. The second kappa shape index (κ2) is 6.71. The highest BCUT2D eigenvalue weighted by Gasteiger charge is 2.13. The fourth-order valence-electron chi connectivity index (χ4n) is 1.91. The Morgan fingerprint density at radius 1 is 1.24 bits per heavy atom. The molecule has 0 spiro atoms. The van der Waals surface area contributed by atoms with Gasteiger partial charge >= 0.3 is 5.69 Å². The van der Waals surface area contributed by atoms with Crippen LogP contribution in [0, 0.1) is 0 Å². The van der Waals surface area contributed by atoms with E-state index in [2.05, 4.69) is 10.6 Å². The molecule has 0 aliphatic rings. The van der Waals surface area contributed by atoms with Crippen LogP contribution in [0.3, 0.4) is 0 Å². The third-order valence-electron chi connectivity index (χ3n) is 2.88. The van der Waals surface area contributed by atoms with Crippen molar-refractivity contribution in [3.8, 4) is 0 Å². The summed E-state index contributed by atoms with van der Waals surface area (Å²) in [5.74, 6) is -0.0386. The van der Waals surface area contributed by atoms with Gasteiger partial charge in [0.15, 0.2) is 0 Å². The molecule has 0 saturated carbocycles. The maximum atomic E-state index is 11.9. The number of amides is 1. The predicted molar refractivity (Wildman–Crippen MR) is 81.1 cm³/mol. The number of nitrogens with one attached hydrogen (secondary N) is 2. The molecule has 2 N–H and O–H groups in total. The number of aromatic nitrogens is 2. The smallest absolute Gasteiger partial charge is 0.330 e. The van der Waals surface area contributed by atoms with Crippen molar-refractivity contribution < 1.29 is 4.79 Å². The van der Waals surface area contributed by atoms with Gasteiger partial charge in [-0.3, -0.25) is 14.2 Å². The van der Waals surface area contributed by atoms with Crippen molar-refractivity contribution >= 4 is 5.91 Å². The number of rotatable bonds is 5. The van der Waals surface area contributed by atoms with Gasteiger partial charge in [0.25, 0.3) is 5.56 Å². The summed E-state index contributed by atoms with van der Waals surface area (Å²) in [6, 6.07) is 0. The number of hydrogen-bond donors (Lipinski definition) is 2. The van der Waals surface area contributed by atoms with Crippen LogP contribution < -0.4 is 21.9 Å². The van der Waals surface area contributed by atoms with Crippen LogP contribution in [0.5, 0.6) is 0 Å². The van der Waals surface area contributed by atoms with E-state index in [1.54, 1.807) is 7.05 Å². The van der Waals surface area contributed by atoms with E-state index in [0.717, 1.165) is 4.57 Å². The molecule has 0 atom stereocenters. The van der Waals surface area contributed by atoms with Crippen molar-refractivity contribution in [2.75, 3.05) is 6.54 Å². The van der Waals surface area contributed by atoms with Gasteiger partial charge in [0.2, 0.25) is 5.91 Å². The van der Waals surface area contributed by atoms with Gasteiger partial charge in [-0.2, -0.15) is 0 Å². The molecule has 0 aromatic carbocycles. The molecule has 0 aliphatic heterocycles. The first-order valence-corrected chi connectivity index (χ1v) is 6.89. The molecule has 21 heavy (non-hydrogen) atoms. The molecule has 1 aromatic heterocycles. The highest BCUT2D eigenvalue weighted by atomic mass is 16.2. The Morgan fingerprint density at radius 2 is 1.86 bits per heavy atom. The van der Waals surface area contributed by atoms with Gasteiger partial charge in [0.05, 0.1) is 0 Å². The zero-order valence-corrected chi connectivity index (χ0v) is 13.3. The van der Waals surface area contributed by atoms with Gasteiger partial charge in [-0.25, -0.2) is 4.79 Å². The van der Waals surface area contributed by atoms with Gasteiger partial charge < -0.3 is 15.2 Å². The zero-order chi connectivity index (χ0) is 16.2. The fraction of sp³-hybridized carbons (Fsp3) is 0.643. The number of hydrogen-bond acceptors (Lipinski definition) is 4. The van der Waals surface area contributed by atoms with E-state index in [1.807, 2.05) is 20.8 Å². The van der Waals surface area contributed by atoms with Gasteiger partial charge in [-0.05, 0) is 20.8 Å². The molecule has 0 fully saturated rings. The summed E-state index contributed by atoms with van der Waals surface area (Å²) < 4.78 is 2.44. The Morgan fingerprint density at radius 3 is 2.43 bits per heavy atom. The summed E-state index contributed by atoms with van der Waals surface area (Å²) in [7, 11) is 3.05. The minimum Gasteiger partial charge on any atom is -0.351 e. The van der Waals surface area contributed by atoms with Crippen molar-refractivity contribution in [1.29, 1.82) is 0 Å².